The first kappa shape index (κ1) is 15.2. The number of nitro groups is 1. The van der Waals surface area contributed by atoms with Crippen molar-refractivity contribution < 1.29 is 10.0 Å². The third kappa shape index (κ3) is 4.40. The minimum absolute atomic E-state index is 0.0271. The van der Waals surface area contributed by atoms with Crippen molar-refractivity contribution in [2.24, 2.45) is 0 Å². The van der Waals surface area contributed by atoms with E-state index in [0.29, 0.717) is 30.9 Å². The Morgan fingerprint density at radius 3 is 2.47 bits per heavy atom. The molecule has 0 saturated carbocycles. The molecule has 0 bridgehead atoms. The van der Waals surface area contributed by atoms with Crippen LogP contribution in [-0.4, -0.2) is 29.2 Å². The molecule has 0 aromatic heterocycles. The monoisotopic (exact) mass is 267 g/mol. The van der Waals surface area contributed by atoms with Gasteiger partial charge in [-0.2, -0.15) is 0 Å². The van der Waals surface area contributed by atoms with E-state index in [1.165, 1.54) is 0 Å². The van der Waals surface area contributed by atoms with Crippen molar-refractivity contribution in [3.05, 3.63) is 28.3 Å². The van der Waals surface area contributed by atoms with Gasteiger partial charge in [0.2, 0.25) is 0 Å². The van der Waals surface area contributed by atoms with Gasteiger partial charge in [-0.1, -0.05) is 19.9 Å². The van der Waals surface area contributed by atoms with E-state index in [1.54, 1.807) is 18.2 Å². The Balaban J connectivity index is 2.92. The SMILES string of the molecule is CCCNc1cccc(NCC(O)CC)c1[N+](=O)[O-]. The zero-order chi connectivity index (χ0) is 14.3. The zero-order valence-electron chi connectivity index (χ0n) is 11.3. The average Bonchev–Trinajstić information content (AvgIpc) is 2.41. The molecule has 106 valence electrons. The summed E-state index contributed by atoms with van der Waals surface area (Å²) in [6.07, 6.45) is 0.990. The number of nitro benzene ring substituents is 1. The van der Waals surface area contributed by atoms with Crippen LogP contribution in [0, 0.1) is 10.1 Å². The minimum atomic E-state index is -0.508. The Kier molecular flexibility index (Phi) is 6.08. The van der Waals surface area contributed by atoms with E-state index in [-0.39, 0.29) is 5.69 Å². The molecule has 0 saturated heterocycles. The van der Waals surface area contributed by atoms with Crippen LogP contribution in [-0.2, 0) is 0 Å². The van der Waals surface area contributed by atoms with Gasteiger partial charge >= 0.3 is 5.69 Å². The van der Waals surface area contributed by atoms with Crippen molar-refractivity contribution in [3.63, 3.8) is 0 Å². The van der Waals surface area contributed by atoms with Crippen LogP contribution in [0.5, 0.6) is 0 Å². The Bertz CT molecular complexity index is 424. The molecule has 0 aliphatic carbocycles. The number of hydrogen-bond acceptors (Lipinski definition) is 5. The molecule has 6 heteroatoms. The summed E-state index contributed by atoms with van der Waals surface area (Å²) in [5.41, 5.74) is 0.959. The molecule has 0 amide bonds. The van der Waals surface area contributed by atoms with Crippen LogP contribution in [0.25, 0.3) is 0 Å². The number of nitrogens with zero attached hydrogens (tertiary/aromatic N) is 1. The van der Waals surface area contributed by atoms with Gasteiger partial charge < -0.3 is 15.7 Å². The standard InChI is InChI=1S/C13H21N3O3/c1-3-8-14-11-6-5-7-12(13(11)16(18)19)15-9-10(17)4-2/h5-7,10,14-15,17H,3-4,8-9H2,1-2H3. The van der Waals surface area contributed by atoms with E-state index in [9.17, 15) is 15.2 Å². The molecule has 0 radical (unpaired) electrons. The van der Waals surface area contributed by atoms with Crippen molar-refractivity contribution in [2.75, 3.05) is 23.7 Å². The predicted molar refractivity (Wildman–Crippen MR) is 76.7 cm³/mol. The number of anilines is 2. The van der Waals surface area contributed by atoms with Gasteiger partial charge in [-0.15, -0.1) is 0 Å². The second kappa shape index (κ2) is 7.58. The van der Waals surface area contributed by atoms with Crippen LogP contribution >= 0.6 is 0 Å². The summed E-state index contributed by atoms with van der Waals surface area (Å²) in [5.74, 6) is 0. The maximum atomic E-state index is 11.2. The number of aliphatic hydroxyl groups is 1. The molecule has 0 aliphatic rings. The van der Waals surface area contributed by atoms with Crippen LogP contribution in [0.3, 0.4) is 0 Å². The van der Waals surface area contributed by atoms with Gasteiger partial charge in [0.25, 0.3) is 0 Å². The molecular formula is C13H21N3O3. The van der Waals surface area contributed by atoms with E-state index in [2.05, 4.69) is 10.6 Å². The van der Waals surface area contributed by atoms with Crippen molar-refractivity contribution in [1.82, 2.24) is 0 Å². The predicted octanol–water partition coefficient (Wildman–Crippen LogP) is 2.60. The lowest BCUT2D eigenvalue weighted by Gasteiger charge is -2.13. The molecule has 0 fully saturated rings. The second-order valence-corrected chi connectivity index (χ2v) is 4.33. The van der Waals surface area contributed by atoms with Crippen LogP contribution in [0.2, 0.25) is 0 Å². The summed E-state index contributed by atoms with van der Waals surface area (Å²) in [6.45, 7) is 4.84. The van der Waals surface area contributed by atoms with Crippen molar-refractivity contribution in [2.45, 2.75) is 32.8 Å². The quantitative estimate of drug-likeness (QED) is 0.498. The number of benzene rings is 1. The molecule has 1 aromatic rings. The molecule has 0 aliphatic heterocycles. The first-order valence-electron chi connectivity index (χ1n) is 6.53. The Morgan fingerprint density at radius 1 is 1.32 bits per heavy atom. The minimum Gasteiger partial charge on any atom is -0.391 e. The first-order valence-corrected chi connectivity index (χ1v) is 6.53. The van der Waals surface area contributed by atoms with Crippen molar-refractivity contribution in [1.29, 1.82) is 0 Å². The lowest BCUT2D eigenvalue weighted by atomic mass is 10.2. The summed E-state index contributed by atoms with van der Waals surface area (Å²) in [7, 11) is 0. The topological polar surface area (TPSA) is 87.4 Å². The summed E-state index contributed by atoms with van der Waals surface area (Å²) >= 11 is 0. The van der Waals surface area contributed by atoms with Gasteiger partial charge in [0.1, 0.15) is 11.4 Å². The Morgan fingerprint density at radius 2 is 1.95 bits per heavy atom. The van der Waals surface area contributed by atoms with E-state index >= 15 is 0 Å². The fraction of sp³-hybridized carbons (Fsp3) is 0.538. The first-order chi connectivity index (χ1) is 9.10. The summed E-state index contributed by atoms with van der Waals surface area (Å²) in [4.78, 5) is 10.8. The van der Waals surface area contributed by atoms with E-state index in [0.717, 1.165) is 6.42 Å². The molecule has 1 rings (SSSR count). The van der Waals surface area contributed by atoms with Gasteiger partial charge in [0, 0.05) is 13.1 Å². The molecule has 0 heterocycles. The van der Waals surface area contributed by atoms with Gasteiger partial charge in [0.15, 0.2) is 0 Å². The van der Waals surface area contributed by atoms with Crippen LogP contribution in [0.4, 0.5) is 17.1 Å². The lowest BCUT2D eigenvalue weighted by Crippen LogP contribution is -2.19. The summed E-state index contributed by atoms with van der Waals surface area (Å²) in [5, 5.41) is 26.7. The van der Waals surface area contributed by atoms with Gasteiger partial charge in [0.05, 0.1) is 11.0 Å². The highest BCUT2D eigenvalue weighted by atomic mass is 16.6. The third-order valence-electron chi connectivity index (χ3n) is 2.78. The molecule has 1 atom stereocenters. The highest BCUT2D eigenvalue weighted by Gasteiger charge is 2.19. The molecule has 0 spiro atoms. The van der Waals surface area contributed by atoms with Gasteiger partial charge in [-0.3, -0.25) is 10.1 Å². The highest BCUT2D eigenvalue weighted by molar-refractivity contribution is 5.76. The number of aliphatic hydroxyl groups excluding tert-OH is 1. The largest absolute Gasteiger partial charge is 0.391 e. The second-order valence-electron chi connectivity index (χ2n) is 4.33. The number of hydrogen-bond donors (Lipinski definition) is 3. The maximum Gasteiger partial charge on any atom is 0.315 e. The number of rotatable bonds is 8. The summed E-state index contributed by atoms with van der Waals surface area (Å²) in [6, 6.07) is 5.10. The maximum absolute atomic E-state index is 11.2. The average molecular weight is 267 g/mol. The fourth-order valence-electron chi connectivity index (χ4n) is 1.66. The fourth-order valence-corrected chi connectivity index (χ4v) is 1.66. The lowest BCUT2D eigenvalue weighted by molar-refractivity contribution is -0.383. The third-order valence-corrected chi connectivity index (χ3v) is 2.78. The number of para-hydroxylation sites is 1. The molecule has 6 nitrogen and oxygen atoms in total. The van der Waals surface area contributed by atoms with E-state index in [4.69, 9.17) is 0 Å². The van der Waals surface area contributed by atoms with Crippen LogP contribution in [0.1, 0.15) is 26.7 Å². The van der Waals surface area contributed by atoms with Crippen molar-refractivity contribution >= 4 is 17.1 Å². The van der Waals surface area contributed by atoms with Gasteiger partial charge in [-0.25, -0.2) is 0 Å². The van der Waals surface area contributed by atoms with Gasteiger partial charge in [-0.05, 0) is 25.0 Å². The molecule has 1 aromatic carbocycles. The normalized spacial score (nSPS) is 11.9. The number of nitrogens with one attached hydrogen (secondary N) is 2. The Labute approximate surface area is 113 Å². The zero-order valence-corrected chi connectivity index (χ0v) is 11.3. The van der Waals surface area contributed by atoms with Crippen molar-refractivity contribution in [3.8, 4) is 0 Å². The van der Waals surface area contributed by atoms with E-state index in [1.807, 2.05) is 13.8 Å². The highest BCUT2D eigenvalue weighted by Crippen LogP contribution is 2.32. The molecule has 1 unspecified atom stereocenters. The molecule has 19 heavy (non-hydrogen) atoms. The Hall–Kier alpha value is -1.82. The summed E-state index contributed by atoms with van der Waals surface area (Å²) < 4.78 is 0. The van der Waals surface area contributed by atoms with E-state index < -0.39 is 11.0 Å². The molecular weight excluding hydrogens is 246 g/mol. The van der Waals surface area contributed by atoms with Crippen LogP contribution in [0.15, 0.2) is 18.2 Å². The van der Waals surface area contributed by atoms with Crippen LogP contribution < -0.4 is 10.6 Å². The molecule has 3 N–H and O–H groups in total. The smallest absolute Gasteiger partial charge is 0.315 e.